The van der Waals surface area contributed by atoms with Crippen LogP contribution in [0.4, 0.5) is 5.69 Å². The van der Waals surface area contributed by atoms with Gasteiger partial charge in [0.15, 0.2) is 0 Å². The van der Waals surface area contributed by atoms with Crippen LogP contribution >= 0.6 is 11.8 Å². The summed E-state index contributed by atoms with van der Waals surface area (Å²) in [6, 6.07) is 8.57. The fraction of sp³-hybridized carbons (Fsp3) is 0.235. The summed E-state index contributed by atoms with van der Waals surface area (Å²) in [7, 11) is 0. The van der Waals surface area contributed by atoms with Crippen LogP contribution in [0.3, 0.4) is 0 Å². The average molecular weight is 356 g/mol. The number of hydrogen-bond acceptors (Lipinski definition) is 5. The molecule has 1 aliphatic rings. The summed E-state index contributed by atoms with van der Waals surface area (Å²) in [5, 5.41) is 2.82. The molecule has 0 bridgehead atoms. The summed E-state index contributed by atoms with van der Waals surface area (Å²) in [5.41, 5.74) is 2.01. The molecule has 128 valence electrons. The van der Waals surface area contributed by atoms with Gasteiger partial charge in [-0.05, 0) is 42.5 Å². The molecule has 25 heavy (non-hydrogen) atoms. The van der Waals surface area contributed by atoms with E-state index in [0.29, 0.717) is 28.2 Å². The maximum Gasteiger partial charge on any atom is 0.323 e. The average Bonchev–Trinajstić information content (AvgIpc) is 3.23. The molecule has 8 heteroatoms. The number of amides is 1. The van der Waals surface area contributed by atoms with Gasteiger partial charge in [0.1, 0.15) is 11.7 Å². The Morgan fingerprint density at radius 2 is 2.16 bits per heavy atom. The quantitative estimate of drug-likeness (QED) is 0.666. The molecule has 3 aromatic rings. The molecule has 0 saturated carbocycles. The molecule has 4 rings (SSSR count). The number of thioether (sulfide) groups is 1. The minimum absolute atomic E-state index is 0.0905. The smallest absolute Gasteiger partial charge is 0.323 e. The lowest BCUT2D eigenvalue weighted by molar-refractivity contribution is 0.101. The molecule has 1 unspecified atom stereocenters. The number of imidazole rings is 1. The van der Waals surface area contributed by atoms with Crippen LogP contribution in [-0.2, 0) is 0 Å². The first-order chi connectivity index (χ1) is 12.2. The number of carbonyl (C=O) groups excluding carboxylic acids is 1. The topological polar surface area (TPSA) is 99.9 Å². The Balaban J connectivity index is 1.56. The van der Waals surface area contributed by atoms with Crippen LogP contribution in [0.15, 0.2) is 41.3 Å². The number of nitrogens with one attached hydrogen (secondary N) is 3. The molecule has 3 heterocycles. The van der Waals surface area contributed by atoms with Gasteiger partial charge in [0.05, 0.1) is 11.0 Å². The number of nitrogens with zero attached hydrogens (tertiary/aromatic N) is 1. The van der Waals surface area contributed by atoms with E-state index in [4.69, 9.17) is 4.74 Å². The van der Waals surface area contributed by atoms with Crippen molar-refractivity contribution >= 4 is 34.4 Å². The number of anilines is 1. The van der Waals surface area contributed by atoms with Crippen LogP contribution in [0.2, 0.25) is 0 Å². The van der Waals surface area contributed by atoms with Crippen molar-refractivity contribution in [3.05, 3.63) is 52.6 Å². The number of rotatable bonds is 4. The van der Waals surface area contributed by atoms with Crippen LogP contribution in [0.1, 0.15) is 16.8 Å². The second kappa shape index (κ2) is 6.64. The number of aromatic nitrogens is 3. The van der Waals surface area contributed by atoms with Crippen molar-refractivity contribution in [2.75, 3.05) is 16.8 Å². The van der Waals surface area contributed by atoms with E-state index in [9.17, 15) is 9.59 Å². The van der Waals surface area contributed by atoms with E-state index in [0.717, 1.165) is 17.9 Å². The van der Waals surface area contributed by atoms with E-state index in [2.05, 4.69) is 20.3 Å². The molecule has 1 aliphatic heterocycles. The van der Waals surface area contributed by atoms with Crippen molar-refractivity contribution in [2.45, 2.75) is 12.5 Å². The zero-order valence-electron chi connectivity index (χ0n) is 13.2. The highest BCUT2D eigenvalue weighted by Crippen LogP contribution is 2.25. The SMILES string of the molecule is O=C(Nc1ccc2[nH]c(=O)[nH]c2c1)c1cccnc1OC1CCSC1. The Morgan fingerprint density at radius 1 is 1.28 bits per heavy atom. The monoisotopic (exact) mass is 356 g/mol. The number of ether oxygens (including phenoxy) is 1. The fourth-order valence-corrected chi connectivity index (χ4v) is 3.82. The van der Waals surface area contributed by atoms with Crippen molar-refractivity contribution in [3.63, 3.8) is 0 Å². The van der Waals surface area contributed by atoms with E-state index in [-0.39, 0.29) is 17.7 Å². The molecule has 1 fully saturated rings. The van der Waals surface area contributed by atoms with Gasteiger partial charge in [-0.15, -0.1) is 0 Å². The van der Waals surface area contributed by atoms with Gasteiger partial charge in [-0.2, -0.15) is 11.8 Å². The third-order valence-electron chi connectivity index (χ3n) is 3.96. The van der Waals surface area contributed by atoms with Crippen LogP contribution < -0.4 is 15.7 Å². The maximum absolute atomic E-state index is 12.6. The van der Waals surface area contributed by atoms with Crippen LogP contribution in [0.5, 0.6) is 5.88 Å². The van der Waals surface area contributed by atoms with Gasteiger partial charge in [-0.1, -0.05) is 0 Å². The molecular formula is C17H16N4O3S. The first-order valence-electron chi connectivity index (χ1n) is 7.92. The molecule has 1 saturated heterocycles. The van der Waals surface area contributed by atoms with Crippen LogP contribution in [-0.4, -0.2) is 38.5 Å². The third kappa shape index (κ3) is 3.39. The predicted molar refractivity (Wildman–Crippen MR) is 97.5 cm³/mol. The number of pyridine rings is 1. The third-order valence-corrected chi connectivity index (χ3v) is 5.09. The molecule has 1 amide bonds. The van der Waals surface area contributed by atoms with Crippen LogP contribution in [0.25, 0.3) is 11.0 Å². The number of carbonyl (C=O) groups is 1. The summed E-state index contributed by atoms with van der Waals surface area (Å²) in [5.74, 6) is 2.03. The zero-order chi connectivity index (χ0) is 17.2. The summed E-state index contributed by atoms with van der Waals surface area (Å²) >= 11 is 1.84. The normalized spacial score (nSPS) is 16.9. The summed E-state index contributed by atoms with van der Waals surface area (Å²) in [6.45, 7) is 0. The van der Waals surface area contributed by atoms with Crippen molar-refractivity contribution in [1.82, 2.24) is 15.0 Å². The molecule has 1 atom stereocenters. The Morgan fingerprint density at radius 3 is 3.00 bits per heavy atom. The Labute approximate surface area is 147 Å². The standard InChI is InChI=1S/C17H16N4O3S/c22-15(19-10-3-4-13-14(8-10)21-17(23)20-13)12-2-1-6-18-16(12)24-11-5-7-25-9-11/h1-4,6,8,11H,5,7,9H2,(H,19,22)(H2,20,21,23). The molecule has 0 aliphatic carbocycles. The predicted octanol–water partition coefficient (Wildman–Crippen LogP) is 2.39. The number of aromatic amines is 2. The Kier molecular flexibility index (Phi) is 4.19. The highest BCUT2D eigenvalue weighted by atomic mass is 32.2. The molecule has 0 radical (unpaired) electrons. The maximum atomic E-state index is 12.6. The summed E-state index contributed by atoms with van der Waals surface area (Å²) in [4.78, 5) is 33.5. The number of fused-ring (bicyclic) bond motifs is 1. The highest BCUT2D eigenvalue weighted by Gasteiger charge is 2.21. The van der Waals surface area contributed by atoms with Gasteiger partial charge < -0.3 is 20.0 Å². The van der Waals surface area contributed by atoms with Gasteiger partial charge in [0, 0.05) is 17.6 Å². The molecule has 1 aromatic carbocycles. The van der Waals surface area contributed by atoms with Crippen LogP contribution in [0, 0.1) is 0 Å². The molecule has 7 nitrogen and oxygen atoms in total. The Bertz CT molecular complexity index is 975. The minimum Gasteiger partial charge on any atom is -0.473 e. The minimum atomic E-state index is -0.300. The molecular weight excluding hydrogens is 340 g/mol. The van der Waals surface area contributed by atoms with Gasteiger partial charge in [0.25, 0.3) is 5.91 Å². The van der Waals surface area contributed by atoms with Gasteiger partial charge in [0.2, 0.25) is 5.88 Å². The lowest BCUT2D eigenvalue weighted by Gasteiger charge is -2.14. The van der Waals surface area contributed by atoms with Gasteiger partial charge >= 0.3 is 5.69 Å². The van der Waals surface area contributed by atoms with E-state index < -0.39 is 0 Å². The van der Waals surface area contributed by atoms with E-state index in [1.807, 2.05) is 11.8 Å². The lowest BCUT2D eigenvalue weighted by atomic mass is 10.2. The lowest BCUT2D eigenvalue weighted by Crippen LogP contribution is -2.20. The van der Waals surface area contributed by atoms with Crippen molar-refractivity contribution < 1.29 is 9.53 Å². The number of H-pyrrole nitrogens is 2. The highest BCUT2D eigenvalue weighted by molar-refractivity contribution is 7.99. The second-order valence-electron chi connectivity index (χ2n) is 5.75. The van der Waals surface area contributed by atoms with Gasteiger partial charge in [-0.25, -0.2) is 9.78 Å². The molecule has 0 spiro atoms. The van der Waals surface area contributed by atoms with E-state index in [1.165, 1.54) is 0 Å². The first-order valence-corrected chi connectivity index (χ1v) is 9.07. The van der Waals surface area contributed by atoms with E-state index in [1.54, 1.807) is 36.5 Å². The molecule has 3 N–H and O–H groups in total. The number of hydrogen-bond donors (Lipinski definition) is 3. The second-order valence-corrected chi connectivity index (χ2v) is 6.90. The van der Waals surface area contributed by atoms with Crippen molar-refractivity contribution in [3.8, 4) is 5.88 Å². The largest absolute Gasteiger partial charge is 0.473 e. The Hall–Kier alpha value is -2.74. The van der Waals surface area contributed by atoms with Crippen molar-refractivity contribution in [2.24, 2.45) is 0 Å². The summed E-state index contributed by atoms with van der Waals surface area (Å²) < 4.78 is 5.89. The zero-order valence-corrected chi connectivity index (χ0v) is 14.1. The van der Waals surface area contributed by atoms with E-state index >= 15 is 0 Å². The van der Waals surface area contributed by atoms with Crippen molar-refractivity contribution in [1.29, 1.82) is 0 Å². The van der Waals surface area contributed by atoms with Gasteiger partial charge in [-0.3, -0.25) is 4.79 Å². The number of benzene rings is 1. The fourth-order valence-electron chi connectivity index (χ4n) is 2.73. The first kappa shape index (κ1) is 15.8. The summed E-state index contributed by atoms with van der Waals surface area (Å²) in [6.07, 6.45) is 2.66. The molecule has 2 aromatic heterocycles.